The number of nitrogens with zero attached hydrogens (tertiary/aromatic N) is 1. The molecule has 0 aliphatic carbocycles. The minimum atomic E-state index is -0.473. The van der Waals surface area contributed by atoms with Gasteiger partial charge in [-0.1, -0.05) is 42.5 Å². The molecule has 3 nitrogen and oxygen atoms in total. The van der Waals surface area contributed by atoms with Crippen molar-refractivity contribution in [2.24, 2.45) is 5.41 Å². The summed E-state index contributed by atoms with van der Waals surface area (Å²) >= 11 is 0. The molecule has 1 aliphatic rings. The summed E-state index contributed by atoms with van der Waals surface area (Å²) in [4.78, 5) is 15.1. The zero-order valence-corrected chi connectivity index (χ0v) is 14.6. The Morgan fingerprint density at radius 3 is 2.32 bits per heavy atom. The first-order valence-corrected chi connectivity index (χ1v) is 8.71. The summed E-state index contributed by atoms with van der Waals surface area (Å²) in [6.07, 6.45) is 2.01. The highest BCUT2D eigenvalue weighted by atomic mass is 19.1. The molecule has 0 spiro atoms. The van der Waals surface area contributed by atoms with E-state index in [0.29, 0.717) is 39.0 Å². The lowest BCUT2D eigenvalue weighted by atomic mass is 9.74. The van der Waals surface area contributed by atoms with Crippen molar-refractivity contribution in [2.75, 3.05) is 20.3 Å². The highest BCUT2D eigenvalue weighted by Crippen LogP contribution is 2.36. The van der Waals surface area contributed by atoms with Crippen molar-refractivity contribution < 1.29 is 13.9 Å². The molecule has 132 valence electrons. The second kappa shape index (κ2) is 7.79. The number of amides is 1. The number of carbonyl (C=O) groups excluding carboxylic acids is 1. The van der Waals surface area contributed by atoms with Gasteiger partial charge in [0.05, 0.1) is 5.41 Å². The molecule has 0 saturated carbocycles. The first-order chi connectivity index (χ1) is 12.1. The van der Waals surface area contributed by atoms with E-state index in [2.05, 4.69) is 0 Å². The van der Waals surface area contributed by atoms with E-state index < -0.39 is 5.41 Å². The molecule has 0 atom stereocenters. The third-order valence-electron chi connectivity index (χ3n) is 4.97. The Hall–Kier alpha value is -2.20. The van der Waals surface area contributed by atoms with E-state index in [9.17, 15) is 9.18 Å². The van der Waals surface area contributed by atoms with Crippen LogP contribution in [0.4, 0.5) is 4.39 Å². The average Bonchev–Trinajstić information content (AvgIpc) is 2.64. The first-order valence-electron chi connectivity index (χ1n) is 8.71. The Labute approximate surface area is 148 Å². The average molecular weight is 341 g/mol. The Bertz CT molecular complexity index is 694. The van der Waals surface area contributed by atoms with Gasteiger partial charge in [0, 0.05) is 26.8 Å². The maximum absolute atomic E-state index is 13.3. The van der Waals surface area contributed by atoms with E-state index in [-0.39, 0.29) is 11.7 Å². The van der Waals surface area contributed by atoms with Gasteiger partial charge < -0.3 is 9.64 Å². The SMILES string of the molecule is CN(Cc1ccccc1)C(=O)C1(Cc2ccc(F)cc2)CCOCC1. The number of halogens is 1. The molecular formula is C21H24FNO2. The number of rotatable bonds is 5. The topological polar surface area (TPSA) is 29.5 Å². The monoisotopic (exact) mass is 341 g/mol. The van der Waals surface area contributed by atoms with Crippen LogP contribution in [0.2, 0.25) is 0 Å². The van der Waals surface area contributed by atoms with E-state index in [4.69, 9.17) is 4.74 Å². The lowest BCUT2D eigenvalue weighted by Crippen LogP contribution is -2.46. The standard InChI is InChI=1S/C21H24FNO2/c1-23(16-18-5-3-2-4-6-18)20(24)21(11-13-25-14-12-21)15-17-7-9-19(22)10-8-17/h2-10H,11-16H2,1H3. The molecular weight excluding hydrogens is 317 g/mol. The summed E-state index contributed by atoms with van der Waals surface area (Å²) in [5, 5.41) is 0. The minimum Gasteiger partial charge on any atom is -0.381 e. The van der Waals surface area contributed by atoms with E-state index in [1.807, 2.05) is 42.3 Å². The van der Waals surface area contributed by atoms with Crippen molar-refractivity contribution in [3.63, 3.8) is 0 Å². The van der Waals surface area contributed by atoms with Gasteiger partial charge in [0.1, 0.15) is 5.82 Å². The summed E-state index contributed by atoms with van der Waals surface area (Å²) in [7, 11) is 1.86. The third kappa shape index (κ3) is 4.26. The fourth-order valence-electron chi connectivity index (χ4n) is 3.56. The van der Waals surface area contributed by atoms with Crippen LogP contribution in [-0.2, 0) is 22.5 Å². The number of ether oxygens (including phenoxy) is 1. The van der Waals surface area contributed by atoms with E-state index >= 15 is 0 Å². The maximum atomic E-state index is 13.3. The van der Waals surface area contributed by atoms with Gasteiger partial charge in [-0.2, -0.15) is 0 Å². The highest BCUT2D eigenvalue weighted by molar-refractivity contribution is 5.83. The molecule has 2 aromatic carbocycles. The molecule has 0 bridgehead atoms. The Morgan fingerprint density at radius 1 is 1.04 bits per heavy atom. The van der Waals surface area contributed by atoms with Gasteiger partial charge in [-0.25, -0.2) is 4.39 Å². The molecule has 2 aromatic rings. The van der Waals surface area contributed by atoms with Gasteiger partial charge in [-0.3, -0.25) is 4.79 Å². The summed E-state index contributed by atoms with van der Waals surface area (Å²) in [5.74, 6) is -0.110. The largest absolute Gasteiger partial charge is 0.381 e. The normalized spacial score (nSPS) is 16.4. The smallest absolute Gasteiger partial charge is 0.229 e. The number of benzene rings is 2. The van der Waals surface area contributed by atoms with Gasteiger partial charge in [0.2, 0.25) is 5.91 Å². The van der Waals surface area contributed by atoms with Gasteiger partial charge in [-0.15, -0.1) is 0 Å². The van der Waals surface area contributed by atoms with E-state index in [1.54, 1.807) is 12.1 Å². The number of carbonyl (C=O) groups is 1. The molecule has 1 aliphatic heterocycles. The summed E-state index contributed by atoms with van der Waals surface area (Å²) in [5.41, 5.74) is 1.63. The molecule has 3 rings (SSSR count). The molecule has 1 fully saturated rings. The molecule has 0 unspecified atom stereocenters. The number of hydrogen-bond donors (Lipinski definition) is 0. The van der Waals surface area contributed by atoms with E-state index in [1.165, 1.54) is 12.1 Å². The van der Waals surface area contributed by atoms with Crippen LogP contribution in [0.1, 0.15) is 24.0 Å². The predicted molar refractivity (Wildman–Crippen MR) is 95.5 cm³/mol. The van der Waals surface area contributed by atoms with Crippen LogP contribution in [0.5, 0.6) is 0 Å². The van der Waals surface area contributed by atoms with Crippen LogP contribution in [-0.4, -0.2) is 31.1 Å². The van der Waals surface area contributed by atoms with Gasteiger partial charge in [-0.05, 0) is 42.5 Å². The molecule has 0 radical (unpaired) electrons. The highest BCUT2D eigenvalue weighted by Gasteiger charge is 2.41. The van der Waals surface area contributed by atoms with Crippen molar-refractivity contribution in [1.82, 2.24) is 4.90 Å². The summed E-state index contributed by atoms with van der Waals surface area (Å²) in [6.45, 7) is 1.77. The van der Waals surface area contributed by atoms with Crippen molar-refractivity contribution in [1.29, 1.82) is 0 Å². The van der Waals surface area contributed by atoms with Crippen LogP contribution in [0, 0.1) is 11.2 Å². The quantitative estimate of drug-likeness (QED) is 0.827. The number of hydrogen-bond acceptors (Lipinski definition) is 2. The van der Waals surface area contributed by atoms with Crippen molar-refractivity contribution in [3.05, 3.63) is 71.5 Å². The Kier molecular flexibility index (Phi) is 5.49. The van der Waals surface area contributed by atoms with Crippen LogP contribution < -0.4 is 0 Å². The van der Waals surface area contributed by atoms with E-state index in [0.717, 1.165) is 11.1 Å². The minimum absolute atomic E-state index is 0.143. The predicted octanol–water partition coefficient (Wildman–Crippen LogP) is 3.82. The van der Waals surface area contributed by atoms with Crippen LogP contribution in [0.15, 0.2) is 54.6 Å². The molecule has 0 aromatic heterocycles. The van der Waals surface area contributed by atoms with Crippen molar-refractivity contribution in [2.45, 2.75) is 25.8 Å². The van der Waals surface area contributed by atoms with Gasteiger partial charge in [0.25, 0.3) is 0 Å². The van der Waals surface area contributed by atoms with Gasteiger partial charge in [0.15, 0.2) is 0 Å². The lowest BCUT2D eigenvalue weighted by molar-refractivity contribution is -0.147. The third-order valence-corrected chi connectivity index (χ3v) is 4.97. The zero-order chi connectivity index (χ0) is 17.7. The fourth-order valence-corrected chi connectivity index (χ4v) is 3.56. The molecule has 1 heterocycles. The zero-order valence-electron chi connectivity index (χ0n) is 14.6. The lowest BCUT2D eigenvalue weighted by Gasteiger charge is -2.39. The maximum Gasteiger partial charge on any atom is 0.229 e. The second-order valence-electron chi connectivity index (χ2n) is 6.84. The summed E-state index contributed by atoms with van der Waals surface area (Å²) in [6, 6.07) is 16.5. The van der Waals surface area contributed by atoms with Crippen LogP contribution >= 0.6 is 0 Å². The van der Waals surface area contributed by atoms with Crippen molar-refractivity contribution >= 4 is 5.91 Å². The second-order valence-corrected chi connectivity index (χ2v) is 6.84. The molecule has 1 saturated heterocycles. The van der Waals surface area contributed by atoms with Crippen molar-refractivity contribution in [3.8, 4) is 0 Å². The van der Waals surface area contributed by atoms with Crippen LogP contribution in [0.25, 0.3) is 0 Å². The summed E-state index contributed by atoms with van der Waals surface area (Å²) < 4.78 is 18.7. The molecule has 25 heavy (non-hydrogen) atoms. The van der Waals surface area contributed by atoms with Gasteiger partial charge >= 0.3 is 0 Å². The molecule has 4 heteroatoms. The Balaban J connectivity index is 1.78. The Morgan fingerprint density at radius 2 is 1.68 bits per heavy atom. The first kappa shape index (κ1) is 17.6. The fraction of sp³-hybridized carbons (Fsp3) is 0.381. The van der Waals surface area contributed by atoms with Crippen LogP contribution in [0.3, 0.4) is 0 Å². The molecule has 0 N–H and O–H groups in total. The molecule has 1 amide bonds.